The molecule has 0 amide bonds. The molecule has 2 nitrogen and oxygen atoms in total. The Morgan fingerprint density at radius 1 is 1.06 bits per heavy atom. The number of halogens is 1. The Balaban J connectivity index is 1.94. The maximum absolute atomic E-state index is 11.9. The van der Waals surface area contributed by atoms with Crippen molar-refractivity contribution < 1.29 is 9.53 Å². The van der Waals surface area contributed by atoms with Gasteiger partial charge in [0.2, 0.25) is 0 Å². The largest absolute Gasteiger partial charge is 0.454 e. The number of ether oxygens (including phenoxy) is 1. The summed E-state index contributed by atoms with van der Waals surface area (Å²) in [5.74, 6) is -0.253. The summed E-state index contributed by atoms with van der Waals surface area (Å²) < 4.78 is 5.46. The highest BCUT2D eigenvalue weighted by Crippen LogP contribution is 2.30. The highest BCUT2D eigenvalue weighted by molar-refractivity contribution is 6.30. The lowest BCUT2D eigenvalue weighted by Crippen LogP contribution is -2.21. The molecule has 0 N–H and O–H groups in total. The summed E-state index contributed by atoms with van der Waals surface area (Å²) in [6.45, 7) is 0. The fraction of sp³-hybridized carbons (Fsp3) is 0.133. The first-order chi connectivity index (χ1) is 8.74. The second-order valence-corrected chi connectivity index (χ2v) is 4.74. The number of benzene rings is 2. The van der Waals surface area contributed by atoms with E-state index in [1.54, 1.807) is 6.07 Å². The van der Waals surface area contributed by atoms with Crippen LogP contribution in [-0.2, 0) is 11.2 Å². The Labute approximate surface area is 110 Å². The highest BCUT2D eigenvalue weighted by atomic mass is 35.5. The number of esters is 1. The third kappa shape index (κ3) is 2.00. The molecular weight excluding hydrogens is 248 g/mol. The standard InChI is InChI=1S/C15H11ClO2/c16-12-7-5-10(6-8-12)14-9-11-3-1-2-4-13(11)15(17)18-14/h1-8,14H,9H2. The van der Waals surface area contributed by atoms with E-state index < -0.39 is 0 Å². The fourth-order valence-electron chi connectivity index (χ4n) is 2.19. The molecule has 0 saturated heterocycles. The molecule has 0 saturated carbocycles. The van der Waals surface area contributed by atoms with Crippen LogP contribution in [0.5, 0.6) is 0 Å². The van der Waals surface area contributed by atoms with E-state index in [0.717, 1.165) is 11.1 Å². The topological polar surface area (TPSA) is 26.3 Å². The smallest absolute Gasteiger partial charge is 0.339 e. The predicted octanol–water partition coefficient (Wildman–Crippen LogP) is 3.79. The molecule has 90 valence electrons. The van der Waals surface area contributed by atoms with Crippen LogP contribution in [0.25, 0.3) is 0 Å². The average Bonchev–Trinajstić information content (AvgIpc) is 2.39. The molecule has 0 fully saturated rings. The maximum atomic E-state index is 11.9. The third-order valence-corrected chi connectivity index (χ3v) is 3.39. The lowest BCUT2D eigenvalue weighted by atomic mass is 9.95. The number of fused-ring (bicyclic) bond motifs is 1. The molecular formula is C15H11ClO2. The minimum Gasteiger partial charge on any atom is -0.454 e. The van der Waals surface area contributed by atoms with Gasteiger partial charge in [-0.2, -0.15) is 0 Å². The van der Waals surface area contributed by atoms with Crippen LogP contribution in [-0.4, -0.2) is 5.97 Å². The first kappa shape index (κ1) is 11.3. The van der Waals surface area contributed by atoms with Gasteiger partial charge in [-0.15, -0.1) is 0 Å². The van der Waals surface area contributed by atoms with Crippen LogP contribution in [0.3, 0.4) is 0 Å². The van der Waals surface area contributed by atoms with E-state index >= 15 is 0 Å². The van der Waals surface area contributed by atoms with E-state index in [9.17, 15) is 4.79 Å². The quantitative estimate of drug-likeness (QED) is 0.728. The van der Waals surface area contributed by atoms with Crippen LogP contribution in [0.4, 0.5) is 0 Å². The Kier molecular flexibility index (Phi) is 2.80. The molecule has 0 aliphatic carbocycles. The van der Waals surface area contributed by atoms with Gasteiger partial charge in [-0.3, -0.25) is 0 Å². The summed E-state index contributed by atoms with van der Waals surface area (Å²) in [7, 11) is 0. The summed E-state index contributed by atoms with van der Waals surface area (Å²) in [4.78, 5) is 11.9. The van der Waals surface area contributed by atoms with E-state index in [-0.39, 0.29) is 12.1 Å². The second kappa shape index (κ2) is 4.46. The molecule has 0 bridgehead atoms. The molecule has 2 aromatic carbocycles. The normalized spacial score (nSPS) is 18.1. The lowest BCUT2D eigenvalue weighted by molar-refractivity contribution is 0.0253. The molecule has 0 spiro atoms. The van der Waals surface area contributed by atoms with Crippen molar-refractivity contribution in [2.24, 2.45) is 0 Å². The van der Waals surface area contributed by atoms with E-state index in [1.165, 1.54) is 0 Å². The SMILES string of the molecule is O=C1OC(c2ccc(Cl)cc2)Cc2ccccc21. The van der Waals surface area contributed by atoms with Crippen LogP contribution in [0, 0.1) is 0 Å². The number of hydrogen-bond acceptors (Lipinski definition) is 2. The van der Waals surface area contributed by atoms with Gasteiger partial charge in [0, 0.05) is 11.4 Å². The zero-order valence-electron chi connectivity index (χ0n) is 9.60. The number of carbonyl (C=O) groups is 1. The molecule has 3 heteroatoms. The zero-order valence-corrected chi connectivity index (χ0v) is 10.4. The molecule has 0 aromatic heterocycles. The molecule has 1 aliphatic rings. The Morgan fingerprint density at radius 2 is 1.78 bits per heavy atom. The van der Waals surface area contributed by atoms with Gasteiger partial charge in [0.25, 0.3) is 0 Å². The third-order valence-electron chi connectivity index (χ3n) is 3.13. The van der Waals surface area contributed by atoms with Gasteiger partial charge >= 0.3 is 5.97 Å². The molecule has 0 radical (unpaired) electrons. The van der Waals surface area contributed by atoms with Crippen molar-refractivity contribution in [3.63, 3.8) is 0 Å². The summed E-state index contributed by atoms with van der Waals surface area (Å²) in [6, 6.07) is 15.0. The maximum Gasteiger partial charge on any atom is 0.339 e. The van der Waals surface area contributed by atoms with Gasteiger partial charge in [-0.05, 0) is 29.3 Å². The minimum atomic E-state index is -0.253. The molecule has 18 heavy (non-hydrogen) atoms. The van der Waals surface area contributed by atoms with E-state index in [4.69, 9.17) is 16.3 Å². The van der Waals surface area contributed by atoms with Crippen molar-refractivity contribution in [3.05, 3.63) is 70.2 Å². The Morgan fingerprint density at radius 3 is 2.56 bits per heavy atom. The van der Waals surface area contributed by atoms with E-state index in [1.807, 2.05) is 42.5 Å². The van der Waals surface area contributed by atoms with Gasteiger partial charge in [0.05, 0.1) is 5.56 Å². The number of cyclic esters (lactones) is 1. The van der Waals surface area contributed by atoms with Crippen LogP contribution in [0.1, 0.15) is 27.6 Å². The van der Waals surface area contributed by atoms with Crippen molar-refractivity contribution in [2.75, 3.05) is 0 Å². The zero-order chi connectivity index (χ0) is 12.5. The van der Waals surface area contributed by atoms with Gasteiger partial charge in [0.1, 0.15) is 6.10 Å². The molecule has 1 aliphatic heterocycles. The first-order valence-electron chi connectivity index (χ1n) is 5.78. The second-order valence-electron chi connectivity index (χ2n) is 4.31. The molecule has 1 unspecified atom stereocenters. The number of hydrogen-bond donors (Lipinski definition) is 0. The van der Waals surface area contributed by atoms with Crippen molar-refractivity contribution in [1.29, 1.82) is 0 Å². The lowest BCUT2D eigenvalue weighted by Gasteiger charge is -2.24. The van der Waals surface area contributed by atoms with Crippen molar-refractivity contribution in [1.82, 2.24) is 0 Å². The number of rotatable bonds is 1. The Bertz CT molecular complexity index is 590. The summed E-state index contributed by atoms with van der Waals surface area (Å²) in [6.07, 6.45) is 0.494. The van der Waals surface area contributed by atoms with Gasteiger partial charge in [0.15, 0.2) is 0 Å². The van der Waals surface area contributed by atoms with Crippen molar-refractivity contribution in [3.8, 4) is 0 Å². The molecule has 3 rings (SSSR count). The van der Waals surface area contributed by atoms with E-state index in [2.05, 4.69) is 0 Å². The van der Waals surface area contributed by atoms with Crippen LogP contribution < -0.4 is 0 Å². The van der Waals surface area contributed by atoms with Gasteiger partial charge < -0.3 is 4.74 Å². The number of carbonyl (C=O) groups excluding carboxylic acids is 1. The summed E-state index contributed by atoms with van der Waals surface area (Å²) >= 11 is 5.85. The molecule has 1 atom stereocenters. The predicted molar refractivity (Wildman–Crippen MR) is 69.8 cm³/mol. The minimum absolute atomic E-state index is 0.218. The monoisotopic (exact) mass is 258 g/mol. The highest BCUT2D eigenvalue weighted by Gasteiger charge is 2.26. The fourth-order valence-corrected chi connectivity index (χ4v) is 2.32. The first-order valence-corrected chi connectivity index (χ1v) is 6.16. The molecule has 1 heterocycles. The summed E-state index contributed by atoms with van der Waals surface area (Å²) in [5, 5.41) is 0.682. The molecule has 2 aromatic rings. The van der Waals surface area contributed by atoms with Crippen LogP contribution in [0.15, 0.2) is 48.5 Å². The van der Waals surface area contributed by atoms with Crippen LogP contribution in [0.2, 0.25) is 5.02 Å². The Hall–Kier alpha value is -1.80. The van der Waals surface area contributed by atoms with Crippen molar-refractivity contribution in [2.45, 2.75) is 12.5 Å². The van der Waals surface area contributed by atoms with E-state index in [0.29, 0.717) is 17.0 Å². The summed E-state index contributed by atoms with van der Waals surface area (Å²) in [5.41, 5.74) is 2.68. The van der Waals surface area contributed by atoms with Gasteiger partial charge in [-0.25, -0.2) is 4.79 Å². The van der Waals surface area contributed by atoms with Crippen molar-refractivity contribution >= 4 is 17.6 Å². The van der Waals surface area contributed by atoms with Crippen LogP contribution >= 0.6 is 11.6 Å². The van der Waals surface area contributed by atoms with Gasteiger partial charge in [-0.1, -0.05) is 41.9 Å². The average molecular weight is 259 g/mol.